The minimum Gasteiger partial charge on any atom is -0.464 e. The van der Waals surface area contributed by atoms with Crippen molar-refractivity contribution in [3.8, 4) is 6.01 Å². The SMILES string of the molecule is CCNc1nc(NCC2(SC)CC2)nc(OCC)n1. The van der Waals surface area contributed by atoms with E-state index in [0.29, 0.717) is 29.3 Å². The summed E-state index contributed by atoms with van der Waals surface area (Å²) in [6.45, 7) is 6.11. The highest BCUT2D eigenvalue weighted by Crippen LogP contribution is 2.46. The lowest BCUT2D eigenvalue weighted by molar-refractivity contribution is 0.312. The molecular formula is C12H21N5OS. The molecule has 0 unspecified atom stereocenters. The van der Waals surface area contributed by atoms with E-state index in [9.17, 15) is 0 Å². The molecule has 1 aromatic heterocycles. The van der Waals surface area contributed by atoms with Gasteiger partial charge in [-0.15, -0.1) is 0 Å². The lowest BCUT2D eigenvalue weighted by Gasteiger charge is -2.14. The van der Waals surface area contributed by atoms with Crippen molar-refractivity contribution in [1.29, 1.82) is 0 Å². The second-order valence-electron chi connectivity index (χ2n) is 4.47. The van der Waals surface area contributed by atoms with Crippen molar-refractivity contribution in [2.24, 2.45) is 0 Å². The molecule has 0 aliphatic heterocycles. The van der Waals surface area contributed by atoms with Crippen LogP contribution in [0.2, 0.25) is 0 Å². The molecule has 0 radical (unpaired) electrons. The fraction of sp³-hybridized carbons (Fsp3) is 0.750. The maximum Gasteiger partial charge on any atom is 0.323 e. The number of nitrogens with one attached hydrogen (secondary N) is 2. The number of aromatic nitrogens is 3. The van der Waals surface area contributed by atoms with E-state index >= 15 is 0 Å². The van der Waals surface area contributed by atoms with Gasteiger partial charge >= 0.3 is 6.01 Å². The maximum atomic E-state index is 5.36. The molecule has 0 atom stereocenters. The number of hydrogen-bond acceptors (Lipinski definition) is 7. The fourth-order valence-corrected chi connectivity index (χ4v) is 2.43. The molecule has 2 N–H and O–H groups in total. The maximum absolute atomic E-state index is 5.36. The van der Waals surface area contributed by atoms with Gasteiger partial charge < -0.3 is 15.4 Å². The number of hydrogen-bond donors (Lipinski definition) is 2. The largest absolute Gasteiger partial charge is 0.464 e. The van der Waals surface area contributed by atoms with Crippen LogP contribution in [-0.4, -0.2) is 45.7 Å². The van der Waals surface area contributed by atoms with Crippen LogP contribution in [0.5, 0.6) is 6.01 Å². The van der Waals surface area contributed by atoms with E-state index in [2.05, 4.69) is 31.8 Å². The van der Waals surface area contributed by atoms with Crippen molar-refractivity contribution in [2.75, 3.05) is 36.6 Å². The Morgan fingerprint density at radius 1 is 1.16 bits per heavy atom. The van der Waals surface area contributed by atoms with Crippen molar-refractivity contribution < 1.29 is 4.74 Å². The highest BCUT2D eigenvalue weighted by atomic mass is 32.2. The highest BCUT2D eigenvalue weighted by Gasteiger charge is 2.41. The first-order valence-corrected chi connectivity index (χ1v) is 7.85. The van der Waals surface area contributed by atoms with Crippen LogP contribution < -0.4 is 15.4 Å². The zero-order valence-electron chi connectivity index (χ0n) is 11.7. The predicted octanol–water partition coefficient (Wildman–Crippen LogP) is 2.01. The van der Waals surface area contributed by atoms with Gasteiger partial charge in [-0.3, -0.25) is 0 Å². The smallest absolute Gasteiger partial charge is 0.323 e. The summed E-state index contributed by atoms with van der Waals surface area (Å²) in [5.74, 6) is 1.13. The molecule has 19 heavy (non-hydrogen) atoms. The Morgan fingerprint density at radius 3 is 2.37 bits per heavy atom. The van der Waals surface area contributed by atoms with E-state index in [1.54, 1.807) is 0 Å². The van der Waals surface area contributed by atoms with Crippen molar-refractivity contribution in [3.05, 3.63) is 0 Å². The van der Waals surface area contributed by atoms with Crippen molar-refractivity contribution in [1.82, 2.24) is 15.0 Å². The molecule has 1 heterocycles. The van der Waals surface area contributed by atoms with Gasteiger partial charge in [0.1, 0.15) is 0 Å². The Balaban J connectivity index is 2.04. The third kappa shape index (κ3) is 3.86. The summed E-state index contributed by atoms with van der Waals surface area (Å²) in [5, 5.41) is 6.38. The number of ether oxygens (including phenoxy) is 1. The van der Waals surface area contributed by atoms with Gasteiger partial charge in [-0.1, -0.05) is 0 Å². The van der Waals surface area contributed by atoms with Gasteiger partial charge in [0, 0.05) is 17.8 Å². The molecule has 7 heteroatoms. The first-order valence-electron chi connectivity index (χ1n) is 6.63. The van der Waals surface area contributed by atoms with Gasteiger partial charge in [0.25, 0.3) is 0 Å². The Hall–Kier alpha value is -1.24. The second kappa shape index (κ2) is 6.27. The minimum absolute atomic E-state index is 0.366. The highest BCUT2D eigenvalue weighted by molar-refractivity contribution is 8.00. The molecule has 0 amide bonds. The van der Waals surface area contributed by atoms with Crippen LogP contribution in [0, 0.1) is 0 Å². The lowest BCUT2D eigenvalue weighted by atomic mass is 10.4. The van der Waals surface area contributed by atoms with E-state index in [4.69, 9.17) is 4.74 Å². The van der Waals surface area contributed by atoms with Gasteiger partial charge in [-0.05, 0) is 32.9 Å². The first-order chi connectivity index (χ1) is 9.21. The monoisotopic (exact) mass is 283 g/mol. The van der Waals surface area contributed by atoms with E-state index in [1.165, 1.54) is 12.8 Å². The van der Waals surface area contributed by atoms with Crippen LogP contribution >= 0.6 is 11.8 Å². The summed E-state index contributed by atoms with van der Waals surface area (Å²) in [6.07, 6.45) is 4.66. The first kappa shape index (κ1) is 14.2. The molecule has 1 aromatic rings. The van der Waals surface area contributed by atoms with Crippen LogP contribution in [0.4, 0.5) is 11.9 Å². The van der Waals surface area contributed by atoms with Crippen LogP contribution in [0.15, 0.2) is 0 Å². The molecule has 0 spiro atoms. The molecule has 0 aromatic carbocycles. The number of nitrogens with zero attached hydrogens (tertiary/aromatic N) is 3. The van der Waals surface area contributed by atoms with Crippen LogP contribution in [0.25, 0.3) is 0 Å². The summed E-state index contributed by atoms with van der Waals surface area (Å²) in [4.78, 5) is 12.8. The zero-order valence-corrected chi connectivity index (χ0v) is 12.5. The average Bonchev–Trinajstić information content (AvgIpc) is 3.18. The third-order valence-corrected chi connectivity index (χ3v) is 4.45. The van der Waals surface area contributed by atoms with Crippen molar-refractivity contribution >= 4 is 23.7 Å². The lowest BCUT2D eigenvalue weighted by Crippen LogP contribution is -2.19. The van der Waals surface area contributed by atoms with Crippen molar-refractivity contribution in [3.63, 3.8) is 0 Å². The number of anilines is 2. The summed E-state index contributed by atoms with van der Waals surface area (Å²) < 4.78 is 5.73. The van der Waals surface area contributed by atoms with Gasteiger partial charge in [-0.25, -0.2) is 0 Å². The van der Waals surface area contributed by atoms with E-state index in [1.807, 2.05) is 25.6 Å². The van der Waals surface area contributed by atoms with E-state index in [0.717, 1.165) is 13.1 Å². The predicted molar refractivity (Wildman–Crippen MR) is 79.1 cm³/mol. The quantitative estimate of drug-likeness (QED) is 0.756. The summed E-state index contributed by atoms with van der Waals surface area (Å²) in [6, 6.07) is 0.366. The molecule has 1 aliphatic carbocycles. The average molecular weight is 283 g/mol. The summed E-state index contributed by atoms with van der Waals surface area (Å²) >= 11 is 1.91. The Morgan fingerprint density at radius 2 is 1.84 bits per heavy atom. The van der Waals surface area contributed by atoms with Gasteiger partial charge in [0.05, 0.1) is 6.61 Å². The van der Waals surface area contributed by atoms with E-state index in [-0.39, 0.29) is 0 Å². The number of thioether (sulfide) groups is 1. The van der Waals surface area contributed by atoms with Gasteiger partial charge in [0.2, 0.25) is 11.9 Å². The Kier molecular flexibility index (Phi) is 4.68. The number of rotatable bonds is 8. The topological polar surface area (TPSA) is 72.0 Å². The molecule has 2 rings (SSSR count). The Labute approximate surface area is 118 Å². The van der Waals surface area contributed by atoms with Crippen LogP contribution in [0.3, 0.4) is 0 Å². The molecule has 1 saturated carbocycles. The molecule has 0 saturated heterocycles. The van der Waals surface area contributed by atoms with Gasteiger partial charge in [0.15, 0.2) is 0 Å². The van der Waals surface area contributed by atoms with Crippen molar-refractivity contribution in [2.45, 2.75) is 31.4 Å². The molecule has 106 valence electrons. The molecule has 1 fully saturated rings. The third-order valence-electron chi connectivity index (χ3n) is 3.03. The van der Waals surface area contributed by atoms with Gasteiger partial charge in [-0.2, -0.15) is 26.7 Å². The Bertz CT molecular complexity index is 400. The fourth-order valence-electron chi connectivity index (χ4n) is 1.70. The van der Waals surface area contributed by atoms with E-state index < -0.39 is 0 Å². The summed E-state index contributed by atoms with van der Waals surface area (Å²) in [7, 11) is 0. The zero-order chi connectivity index (χ0) is 13.7. The standard InChI is InChI=1S/C12H21N5OS/c1-4-13-9-15-10(17-11(16-9)18-5-2)14-8-12(19-3)6-7-12/h4-8H2,1-3H3,(H2,13,14,15,16,17). The second-order valence-corrected chi connectivity index (χ2v) is 5.74. The minimum atomic E-state index is 0.366. The summed E-state index contributed by atoms with van der Waals surface area (Å²) in [5.41, 5.74) is 0. The van der Waals surface area contributed by atoms with Crippen LogP contribution in [0.1, 0.15) is 26.7 Å². The molecule has 0 bridgehead atoms. The van der Waals surface area contributed by atoms with Crippen LogP contribution in [-0.2, 0) is 0 Å². The molecule has 1 aliphatic rings. The molecular weight excluding hydrogens is 262 g/mol. The molecule has 6 nitrogen and oxygen atoms in total. The normalized spacial score (nSPS) is 15.9.